The first-order chi connectivity index (χ1) is 8.60. The normalized spacial score (nSPS) is 19.3. The van der Waals surface area contributed by atoms with Gasteiger partial charge in [-0.25, -0.2) is 0 Å². The fraction of sp³-hybridized carbons (Fsp3) is 1.00. The molecule has 1 aliphatic heterocycles. The molecule has 0 saturated carbocycles. The summed E-state index contributed by atoms with van der Waals surface area (Å²) >= 11 is 0. The average molecular weight is 259 g/mol. The summed E-state index contributed by atoms with van der Waals surface area (Å²) in [6.07, 6.45) is 0. The number of hydrogen-bond donors (Lipinski definition) is 1. The number of methoxy groups -OCH3 is 1. The minimum absolute atomic E-state index is 0.126. The van der Waals surface area contributed by atoms with E-state index in [1.54, 1.807) is 7.11 Å². The molecule has 1 aliphatic rings. The van der Waals surface area contributed by atoms with E-state index in [1.807, 2.05) is 0 Å². The van der Waals surface area contributed by atoms with Crippen molar-refractivity contribution in [1.82, 2.24) is 9.80 Å². The van der Waals surface area contributed by atoms with Crippen LogP contribution in [-0.2, 0) is 9.47 Å². The van der Waals surface area contributed by atoms with Gasteiger partial charge < -0.3 is 15.2 Å². The molecule has 0 aromatic carbocycles. The van der Waals surface area contributed by atoms with E-state index in [0.717, 1.165) is 39.3 Å². The van der Waals surface area contributed by atoms with Crippen LogP contribution in [0.5, 0.6) is 0 Å². The molecule has 0 aromatic rings. The Morgan fingerprint density at radius 2 is 1.72 bits per heavy atom. The molecule has 0 radical (unpaired) electrons. The smallest absolute Gasteiger partial charge is 0.0700 e. The number of ether oxygens (including phenoxy) is 2. The summed E-state index contributed by atoms with van der Waals surface area (Å²) in [7, 11) is 1.70. The zero-order valence-electron chi connectivity index (χ0n) is 12.2. The Balaban J connectivity index is 2.12. The molecule has 1 fully saturated rings. The van der Waals surface area contributed by atoms with Crippen molar-refractivity contribution in [2.24, 2.45) is 5.73 Å². The summed E-state index contributed by atoms with van der Waals surface area (Å²) in [5.74, 6) is 0. The standard InChI is InChI=1S/C13H29N3O2/c1-13(2,12-14)16-6-4-15(5-7-16)8-9-18-11-10-17-3/h4-12,14H2,1-3H3. The predicted octanol–water partition coefficient (Wildman–Crippen LogP) is 0.00430. The Labute approximate surface area is 111 Å². The Bertz CT molecular complexity index is 216. The first-order valence-corrected chi connectivity index (χ1v) is 6.84. The average Bonchev–Trinajstić information content (AvgIpc) is 2.39. The molecule has 0 bridgehead atoms. The first kappa shape index (κ1) is 15.9. The summed E-state index contributed by atoms with van der Waals surface area (Å²) in [6.45, 7) is 12.7. The lowest BCUT2D eigenvalue weighted by Crippen LogP contribution is -2.57. The van der Waals surface area contributed by atoms with Crippen LogP contribution in [0.1, 0.15) is 13.8 Å². The summed E-state index contributed by atoms with van der Waals surface area (Å²) < 4.78 is 10.4. The Hall–Kier alpha value is -0.200. The van der Waals surface area contributed by atoms with Gasteiger partial charge in [-0.1, -0.05) is 0 Å². The second-order valence-corrected chi connectivity index (χ2v) is 5.45. The monoisotopic (exact) mass is 259 g/mol. The highest BCUT2D eigenvalue weighted by molar-refractivity contribution is 4.86. The van der Waals surface area contributed by atoms with Crippen LogP contribution >= 0.6 is 0 Å². The van der Waals surface area contributed by atoms with Crippen molar-refractivity contribution in [3.05, 3.63) is 0 Å². The van der Waals surface area contributed by atoms with E-state index in [4.69, 9.17) is 15.2 Å². The van der Waals surface area contributed by atoms with Gasteiger partial charge in [0.2, 0.25) is 0 Å². The molecule has 0 spiro atoms. The number of nitrogens with two attached hydrogens (primary N) is 1. The van der Waals surface area contributed by atoms with Crippen molar-refractivity contribution in [3.8, 4) is 0 Å². The minimum atomic E-state index is 0.126. The molecule has 1 heterocycles. The zero-order chi connectivity index (χ0) is 13.4. The van der Waals surface area contributed by atoms with E-state index < -0.39 is 0 Å². The molecule has 1 rings (SSSR count). The summed E-state index contributed by atoms with van der Waals surface area (Å²) in [4.78, 5) is 4.94. The maximum absolute atomic E-state index is 5.81. The van der Waals surface area contributed by atoms with Crippen molar-refractivity contribution in [1.29, 1.82) is 0 Å². The van der Waals surface area contributed by atoms with E-state index >= 15 is 0 Å². The topological polar surface area (TPSA) is 51.0 Å². The molecule has 108 valence electrons. The molecule has 5 heteroatoms. The fourth-order valence-electron chi connectivity index (χ4n) is 2.14. The Morgan fingerprint density at radius 1 is 1.06 bits per heavy atom. The van der Waals surface area contributed by atoms with Gasteiger partial charge in [0.15, 0.2) is 0 Å². The van der Waals surface area contributed by atoms with Gasteiger partial charge in [-0.3, -0.25) is 9.80 Å². The molecular formula is C13H29N3O2. The van der Waals surface area contributed by atoms with Crippen LogP contribution < -0.4 is 5.73 Å². The van der Waals surface area contributed by atoms with Gasteiger partial charge >= 0.3 is 0 Å². The van der Waals surface area contributed by atoms with E-state index in [1.165, 1.54) is 0 Å². The molecule has 0 aromatic heterocycles. The molecule has 0 aliphatic carbocycles. The quantitative estimate of drug-likeness (QED) is 0.622. The summed E-state index contributed by atoms with van der Waals surface area (Å²) in [6, 6.07) is 0. The third-order valence-electron chi connectivity index (χ3n) is 3.71. The maximum atomic E-state index is 5.81. The van der Waals surface area contributed by atoms with E-state index in [2.05, 4.69) is 23.6 Å². The largest absolute Gasteiger partial charge is 0.382 e. The molecule has 1 saturated heterocycles. The summed E-state index contributed by atoms with van der Waals surface area (Å²) in [5, 5.41) is 0. The van der Waals surface area contributed by atoms with Crippen molar-refractivity contribution in [2.75, 3.05) is 66.2 Å². The molecule has 5 nitrogen and oxygen atoms in total. The van der Waals surface area contributed by atoms with Gasteiger partial charge in [0.05, 0.1) is 19.8 Å². The van der Waals surface area contributed by atoms with Crippen LogP contribution in [0.3, 0.4) is 0 Å². The number of hydrogen-bond acceptors (Lipinski definition) is 5. The van der Waals surface area contributed by atoms with Gasteiger partial charge in [-0.05, 0) is 13.8 Å². The lowest BCUT2D eigenvalue weighted by atomic mass is 10.0. The van der Waals surface area contributed by atoms with E-state index in [-0.39, 0.29) is 5.54 Å². The lowest BCUT2D eigenvalue weighted by Gasteiger charge is -2.43. The minimum Gasteiger partial charge on any atom is -0.382 e. The molecule has 2 N–H and O–H groups in total. The number of piperazine rings is 1. The van der Waals surface area contributed by atoms with Crippen LogP contribution in [0.2, 0.25) is 0 Å². The highest BCUT2D eigenvalue weighted by atomic mass is 16.5. The number of nitrogens with zero attached hydrogens (tertiary/aromatic N) is 2. The van der Waals surface area contributed by atoms with E-state index in [0.29, 0.717) is 19.8 Å². The maximum Gasteiger partial charge on any atom is 0.0700 e. The number of rotatable bonds is 8. The third kappa shape index (κ3) is 5.20. The van der Waals surface area contributed by atoms with E-state index in [9.17, 15) is 0 Å². The van der Waals surface area contributed by atoms with Crippen LogP contribution in [0.4, 0.5) is 0 Å². The SMILES string of the molecule is COCCOCCN1CCN(C(C)(C)CN)CC1. The fourth-order valence-corrected chi connectivity index (χ4v) is 2.14. The zero-order valence-corrected chi connectivity index (χ0v) is 12.2. The van der Waals surface area contributed by atoms with Gasteiger partial charge in [-0.2, -0.15) is 0 Å². The van der Waals surface area contributed by atoms with Gasteiger partial charge in [0.25, 0.3) is 0 Å². The predicted molar refractivity (Wildman–Crippen MR) is 73.8 cm³/mol. The highest BCUT2D eigenvalue weighted by Crippen LogP contribution is 2.15. The van der Waals surface area contributed by atoms with Crippen molar-refractivity contribution in [2.45, 2.75) is 19.4 Å². The van der Waals surface area contributed by atoms with Crippen LogP contribution in [0, 0.1) is 0 Å². The first-order valence-electron chi connectivity index (χ1n) is 6.84. The van der Waals surface area contributed by atoms with Crippen LogP contribution in [0.25, 0.3) is 0 Å². The Kier molecular flexibility index (Phi) is 7.11. The molecular weight excluding hydrogens is 230 g/mol. The highest BCUT2D eigenvalue weighted by Gasteiger charge is 2.28. The summed E-state index contributed by atoms with van der Waals surface area (Å²) in [5.41, 5.74) is 5.94. The second kappa shape index (κ2) is 8.07. The Morgan fingerprint density at radius 3 is 2.28 bits per heavy atom. The molecule has 0 unspecified atom stereocenters. The van der Waals surface area contributed by atoms with Crippen molar-refractivity contribution >= 4 is 0 Å². The van der Waals surface area contributed by atoms with Crippen molar-refractivity contribution in [3.63, 3.8) is 0 Å². The second-order valence-electron chi connectivity index (χ2n) is 5.45. The van der Waals surface area contributed by atoms with Crippen LogP contribution in [-0.4, -0.2) is 81.5 Å². The van der Waals surface area contributed by atoms with Crippen molar-refractivity contribution < 1.29 is 9.47 Å². The molecule has 18 heavy (non-hydrogen) atoms. The van der Waals surface area contributed by atoms with Gasteiger partial charge in [-0.15, -0.1) is 0 Å². The lowest BCUT2D eigenvalue weighted by molar-refractivity contribution is 0.0270. The van der Waals surface area contributed by atoms with Gasteiger partial charge in [0, 0.05) is 51.9 Å². The molecule has 0 amide bonds. The van der Waals surface area contributed by atoms with Crippen LogP contribution in [0.15, 0.2) is 0 Å². The molecule has 0 atom stereocenters. The van der Waals surface area contributed by atoms with Gasteiger partial charge in [0.1, 0.15) is 0 Å². The third-order valence-corrected chi connectivity index (χ3v) is 3.71.